The highest BCUT2D eigenvalue weighted by atomic mass is 32.2. The van der Waals surface area contributed by atoms with E-state index in [4.69, 9.17) is 0 Å². The number of nitro groups is 1. The predicted molar refractivity (Wildman–Crippen MR) is 116 cm³/mol. The van der Waals surface area contributed by atoms with Crippen molar-refractivity contribution in [1.29, 1.82) is 0 Å². The highest BCUT2D eigenvalue weighted by molar-refractivity contribution is 7.90. The topological polar surface area (TPSA) is 120 Å². The molecular weight excluding hydrogens is 491 g/mol. The molecule has 182 valence electrons. The van der Waals surface area contributed by atoms with Crippen LogP contribution < -0.4 is 4.74 Å². The van der Waals surface area contributed by atoms with Crippen molar-refractivity contribution in [2.75, 3.05) is 6.26 Å². The van der Waals surface area contributed by atoms with Crippen molar-refractivity contribution in [3.8, 4) is 17.0 Å². The molecule has 0 spiro atoms. The van der Waals surface area contributed by atoms with Gasteiger partial charge in [-0.3, -0.25) is 14.9 Å². The van der Waals surface area contributed by atoms with E-state index in [1.54, 1.807) is 0 Å². The maximum absolute atomic E-state index is 13.1. The van der Waals surface area contributed by atoms with Crippen LogP contribution in [-0.4, -0.2) is 41.8 Å². The quantitative estimate of drug-likeness (QED) is 0.364. The molecule has 0 saturated heterocycles. The van der Waals surface area contributed by atoms with Gasteiger partial charge in [-0.05, 0) is 29.3 Å². The molecule has 1 aliphatic heterocycles. The second-order valence-corrected chi connectivity index (χ2v) is 9.71. The number of fused-ring (bicyclic) bond motifs is 1. The fourth-order valence-electron chi connectivity index (χ4n) is 3.70. The van der Waals surface area contributed by atoms with Crippen molar-refractivity contribution in [3.63, 3.8) is 0 Å². The fourth-order valence-corrected chi connectivity index (χ4v) is 4.55. The first-order valence-electron chi connectivity index (χ1n) is 9.94. The van der Waals surface area contributed by atoms with Crippen LogP contribution in [0.1, 0.15) is 21.5 Å². The summed E-state index contributed by atoms with van der Waals surface area (Å²) in [7, 11) is -3.95. The summed E-state index contributed by atoms with van der Waals surface area (Å²) in [4.78, 5) is 29.1. The molecule has 0 radical (unpaired) electrons. The van der Waals surface area contributed by atoms with Gasteiger partial charge in [0.2, 0.25) is 0 Å². The number of amides is 1. The van der Waals surface area contributed by atoms with E-state index in [0.717, 1.165) is 18.4 Å². The molecule has 1 amide bonds. The first-order chi connectivity index (χ1) is 16.3. The van der Waals surface area contributed by atoms with Crippen molar-refractivity contribution in [2.24, 2.45) is 0 Å². The Kier molecular flexibility index (Phi) is 5.97. The molecule has 0 fully saturated rings. The number of carbonyl (C=O) groups is 1. The molecule has 0 saturated carbocycles. The number of halogens is 3. The number of aromatic nitrogens is 1. The summed E-state index contributed by atoms with van der Waals surface area (Å²) in [6.07, 6.45) is -3.93. The third-order valence-electron chi connectivity index (χ3n) is 5.16. The minimum absolute atomic E-state index is 0.00481. The summed E-state index contributed by atoms with van der Waals surface area (Å²) in [5.41, 5.74) is 1.01. The van der Waals surface area contributed by atoms with E-state index < -0.39 is 37.8 Å². The summed E-state index contributed by atoms with van der Waals surface area (Å²) in [6.45, 7) is 0.0110. The number of alkyl halides is 3. The van der Waals surface area contributed by atoms with Crippen LogP contribution in [0.2, 0.25) is 0 Å². The average Bonchev–Trinajstić information content (AvgIpc) is 3.08. The Morgan fingerprint density at radius 2 is 1.83 bits per heavy atom. The lowest BCUT2D eigenvalue weighted by Gasteiger charge is -2.16. The Labute approximate surface area is 196 Å². The third kappa shape index (κ3) is 5.24. The van der Waals surface area contributed by atoms with Crippen LogP contribution in [0.15, 0.2) is 59.6 Å². The first kappa shape index (κ1) is 24.1. The summed E-state index contributed by atoms with van der Waals surface area (Å²) < 4.78 is 65.8. The number of nitrogens with zero attached hydrogens (tertiary/aromatic N) is 3. The fraction of sp³-hybridized carbons (Fsp3) is 0.182. The largest absolute Gasteiger partial charge is 0.573 e. The van der Waals surface area contributed by atoms with Crippen molar-refractivity contribution in [1.82, 2.24) is 9.88 Å². The normalized spacial score (nSPS) is 13.6. The Hall–Kier alpha value is -4.00. The zero-order valence-corrected chi connectivity index (χ0v) is 18.8. The number of ether oxygens (including phenoxy) is 1. The van der Waals surface area contributed by atoms with Crippen LogP contribution in [0.5, 0.6) is 5.75 Å². The van der Waals surface area contributed by atoms with Gasteiger partial charge in [-0.1, -0.05) is 24.3 Å². The molecule has 3 aromatic rings. The number of benzene rings is 2. The highest BCUT2D eigenvalue weighted by Crippen LogP contribution is 2.33. The highest BCUT2D eigenvalue weighted by Gasteiger charge is 2.35. The monoisotopic (exact) mass is 507 g/mol. The summed E-state index contributed by atoms with van der Waals surface area (Å²) in [6, 6.07) is 12.0. The number of rotatable bonds is 6. The number of hydrogen-bond acceptors (Lipinski definition) is 7. The van der Waals surface area contributed by atoms with E-state index in [2.05, 4.69) is 9.72 Å². The zero-order chi connectivity index (χ0) is 25.5. The van der Waals surface area contributed by atoms with Gasteiger partial charge in [0.15, 0.2) is 14.9 Å². The van der Waals surface area contributed by atoms with E-state index in [1.165, 1.54) is 47.4 Å². The lowest BCUT2D eigenvalue weighted by molar-refractivity contribution is -0.384. The maximum atomic E-state index is 13.1. The molecule has 1 aromatic heterocycles. The van der Waals surface area contributed by atoms with E-state index in [9.17, 15) is 36.5 Å². The number of hydrogen-bond donors (Lipinski definition) is 0. The molecule has 9 nitrogen and oxygen atoms in total. The van der Waals surface area contributed by atoms with Crippen molar-refractivity contribution in [3.05, 3.63) is 81.4 Å². The maximum Gasteiger partial charge on any atom is 0.573 e. The molecule has 0 unspecified atom stereocenters. The van der Waals surface area contributed by atoms with E-state index in [0.29, 0.717) is 16.7 Å². The van der Waals surface area contributed by atoms with Crippen molar-refractivity contribution >= 4 is 21.4 Å². The number of pyridine rings is 1. The molecule has 0 N–H and O–H groups in total. The molecule has 2 heterocycles. The molecule has 35 heavy (non-hydrogen) atoms. The Balaban J connectivity index is 1.67. The van der Waals surface area contributed by atoms with Gasteiger partial charge < -0.3 is 9.64 Å². The van der Waals surface area contributed by atoms with Gasteiger partial charge in [-0.2, -0.15) is 0 Å². The van der Waals surface area contributed by atoms with Crippen LogP contribution in [0.3, 0.4) is 0 Å². The summed E-state index contributed by atoms with van der Waals surface area (Å²) in [5, 5.41) is 10.7. The molecular formula is C22H16F3N3O6S. The third-order valence-corrected chi connectivity index (χ3v) is 6.16. The molecule has 1 aliphatic rings. The van der Waals surface area contributed by atoms with Crippen LogP contribution in [0.4, 0.5) is 18.9 Å². The molecule has 4 rings (SSSR count). The van der Waals surface area contributed by atoms with E-state index in [-0.39, 0.29) is 30.0 Å². The minimum atomic E-state index is -4.83. The van der Waals surface area contributed by atoms with Crippen LogP contribution >= 0.6 is 0 Å². The number of nitro benzene ring substituents is 1. The van der Waals surface area contributed by atoms with Gasteiger partial charge in [0, 0.05) is 37.0 Å². The second-order valence-electron chi connectivity index (χ2n) is 7.78. The standard InChI is InChI=1S/C22H16F3N3O6S/c1-35(32,33)20-19-15(10-18(26-20)14-3-2-4-16(9-14)28(30)31)12-27(21(19)29)11-13-5-7-17(8-6-13)34-22(23,24)25/h2-10H,11-12H2,1H3. The Bertz CT molecular complexity index is 1440. The number of non-ortho nitro benzene ring substituents is 1. The molecule has 0 atom stereocenters. The number of sulfone groups is 1. The van der Waals surface area contributed by atoms with E-state index >= 15 is 0 Å². The second kappa shape index (κ2) is 8.65. The Morgan fingerprint density at radius 3 is 2.43 bits per heavy atom. The predicted octanol–water partition coefficient (Wildman–Crippen LogP) is 4.11. The zero-order valence-electron chi connectivity index (χ0n) is 17.9. The van der Waals surface area contributed by atoms with E-state index in [1.807, 2.05) is 0 Å². The average molecular weight is 507 g/mol. The van der Waals surface area contributed by atoms with Crippen LogP contribution in [0.25, 0.3) is 11.3 Å². The molecule has 13 heteroatoms. The minimum Gasteiger partial charge on any atom is -0.406 e. The smallest absolute Gasteiger partial charge is 0.406 e. The van der Waals surface area contributed by atoms with Gasteiger partial charge in [0.05, 0.1) is 16.2 Å². The van der Waals surface area contributed by atoms with Gasteiger partial charge >= 0.3 is 6.36 Å². The first-order valence-corrected chi connectivity index (χ1v) is 11.8. The van der Waals surface area contributed by atoms with Gasteiger partial charge in [0.1, 0.15) is 5.75 Å². The van der Waals surface area contributed by atoms with Gasteiger partial charge in [-0.15, -0.1) is 13.2 Å². The molecule has 2 aromatic carbocycles. The number of carbonyl (C=O) groups excluding carboxylic acids is 1. The lowest BCUT2D eigenvalue weighted by Crippen LogP contribution is -2.24. The van der Waals surface area contributed by atoms with Gasteiger partial charge in [-0.25, -0.2) is 13.4 Å². The molecule has 0 aliphatic carbocycles. The summed E-state index contributed by atoms with van der Waals surface area (Å²) >= 11 is 0. The van der Waals surface area contributed by atoms with Gasteiger partial charge in [0.25, 0.3) is 11.6 Å². The SMILES string of the molecule is CS(=O)(=O)c1nc(-c2cccc([N+](=O)[O-])c2)cc2c1C(=O)N(Cc1ccc(OC(F)(F)F)cc1)C2. The Morgan fingerprint density at radius 1 is 1.14 bits per heavy atom. The van der Waals surface area contributed by atoms with Crippen molar-refractivity contribution < 1.29 is 36.0 Å². The van der Waals surface area contributed by atoms with Crippen LogP contribution in [0, 0.1) is 10.1 Å². The van der Waals surface area contributed by atoms with Crippen molar-refractivity contribution in [2.45, 2.75) is 24.5 Å². The summed E-state index contributed by atoms with van der Waals surface area (Å²) in [5.74, 6) is -1.02. The molecule has 0 bridgehead atoms. The van der Waals surface area contributed by atoms with Crippen LogP contribution in [-0.2, 0) is 22.9 Å². The lowest BCUT2D eigenvalue weighted by atomic mass is 10.1.